The second-order valence-electron chi connectivity index (χ2n) is 2.94. The Morgan fingerprint density at radius 1 is 1.40 bits per heavy atom. The normalized spacial score (nSPS) is 9.20. The van der Waals surface area contributed by atoms with Gasteiger partial charge in [0.05, 0.1) is 10.5 Å². The molecule has 0 aromatic heterocycles. The third kappa shape index (κ3) is 3.05. The van der Waals surface area contributed by atoms with Crippen LogP contribution in [-0.2, 0) is 0 Å². The van der Waals surface area contributed by atoms with Gasteiger partial charge < -0.3 is 7.96 Å². The van der Waals surface area contributed by atoms with Crippen LogP contribution in [0.2, 0.25) is 0 Å². The number of rotatable bonds is 2. The summed E-state index contributed by atoms with van der Waals surface area (Å²) in [5, 5.41) is 19.3. The zero-order valence-corrected chi connectivity index (χ0v) is 12.9. The standard InChI is InChI=1S/C9H9NO4.Ba.2H/c1-5-6(2)8(10(13)14)4-3-7(5)9(11)12;;;/h3-4H,1-2H3,(H,11,12);;;/q;+2;2*-1. The van der Waals surface area contributed by atoms with E-state index in [1.54, 1.807) is 13.8 Å². The molecule has 1 aromatic rings. The summed E-state index contributed by atoms with van der Waals surface area (Å²) in [7, 11) is 0. The van der Waals surface area contributed by atoms with Crippen LogP contribution >= 0.6 is 0 Å². The maximum absolute atomic E-state index is 10.7. The molecule has 0 saturated heterocycles. The Kier molecular flexibility index (Phi) is 5.54. The number of hydrogen-bond donors (Lipinski definition) is 1. The SMILES string of the molecule is Cc1c(C(=O)O)ccc([N+](=O)[O-])c1C.[Ba+2].[H-].[H-]. The van der Waals surface area contributed by atoms with Crippen molar-refractivity contribution in [1.82, 2.24) is 0 Å². The molecule has 0 saturated carbocycles. The Balaban J connectivity index is -0.000000653. The first kappa shape index (κ1) is 14.7. The smallest absolute Gasteiger partial charge is 1.00 e. The minimum absolute atomic E-state index is 0. The van der Waals surface area contributed by atoms with Crippen LogP contribution in [0.1, 0.15) is 24.3 Å². The Labute approximate surface area is 130 Å². The number of aromatic carboxylic acids is 1. The predicted octanol–water partition coefficient (Wildman–Crippen LogP) is 1.75. The van der Waals surface area contributed by atoms with Crippen molar-refractivity contribution < 1.29 is 17.7 Å². The number of carbonyl (C=O) groups is 1. The average molecular weight is 335 g/mol. The van der Waals surface area contributed by atoms with E-state index in [0.29, 0.717) is 11.1 Å². The first-order valence-corrected chi connectivity index (χ1v) is 3.93. The van der Waals surface area contributed by atoms with Crippen LogP contribution in [0.25, 0.3) is 0 Å². The van der Waals surface area contributed by atoms with Gasteiger partial charge in [0, 0.05) is 11.6 Å². The zero-order chi connectivity index (χ0) is 10.9. The minimum atomic E-state index is -1.07. The number of hydrogen-bond acceptors (Lipinski definition) is 3. The van der Waals surface area contributed by atoms with E-state index in [9.17, 15) is 14.9 Å². The van der Waals surface area contributed by atoms with Crippen LogP contribution in [0.15, 0.2) is 12.1 Å². The van der Waals surface area contributed by atoms with Gasteiger partial charge in [-0.3, -0.25) is 10.1 Å². The molecule has 0 fully saturated rings. The molecule has 0 aliphatic rings. The Bertz CT molecular complexity index is 387. The Morgan fingerprint density at radius 3 is 2.33 bits per heavy atom. The third-order valence-corrected chi connectivity index (χ3v) is 2.19. The van der Waals surface area contributed by atoms with Gasteiger partial charge in [-0.1, -0.05) is 0 Å². The first-order chi connectivity index (χ1) is 6.45. The van der Waals surface area contributed by atoms with E-state index in [1.165, 1.54) is 12.1 Å². The van der Waals surface area contributed by atoms with Crippen molar-refractivity contribution in [2.75, 3.05) is 0 Å². The van der Waals surface area contributed by atoms with Crippen LogP contribution < -0.4 is 0 Å². The summed E-state index contributed by atoms with van der Waals surface area (Å²) in [6.45, 7) is 3.10. The molecule has 6 heteroatoms. The van der Waals surface area contributed by atoms with Crippen LogP contribution in [0, 0.1) is 24.0 Å². The molecule has 0 radical (unpaired) electrons. The number of nitro groups is 1. The van der Waals surface area contributed by atoms with Crippen molar-refractivity contribution in [2.45, 2.75) is 13.8 Å². The fourth-order valence-electron chi connectivity index (χ4n) is 1.24. The van der Waals surface area contributed by atoms with E-state index < -0.39 is 10.9 Å². The van der Waals surface area contributed by atoms with E-state index in [1.807, 2.05) is 0 Å². The van der Waals surface area contributed by atoms with Crippen LogP contribution in [0.4, 0.5) is 5.69 Å². The van der Waals surface area contributed by atoms with Gasteiger partial charge in [-0.15, -0.1) is 0 Å². The molecule has 0 aliphatic heterocycles. The van der Waals surface area contributed by atoms with Gasteiger partial charge >= 0.3 is 54.9 Å². The van der Waals surface area contributed by atoms with Crippen molar-refractivity contribution >= 4 is 60.5 Å². The summed E-state index contributed by atoms with van der Waals surface area (Å²) in [6, 6.07) is 2.47. The quantitative estimate of drug-likeness (QED) is 0.508. The molecule has 0 spiro atoms. The molecule has 1 rings (SSSR count). The summed E-state index contributed by atoms with van der Waals surface area (Å²) in [4.78, 5) is 20.7. The molecule has 0 bridgehead atoms. The number of carboxylic acids is 1. The summed E-state index contributed by atoms with van der Waals surface area (Å²) in [5.74, 6) is -1.07. The van der Waals surface area contributed by atoms with Crippen molar-refractivity contribution in [2.24, 2.45) is 0 Å². The summed E-state index contributed by atoms with van der Waals surface area (Å²) in [6.07, 6.45) is 0. The van der Waals surface area contributed by atoms with E-state index in [-0.39, 0.29) is 63.0 Å². The van der Waals surface area contributed by atoms with Gasteiger partial charge in [-0.2, -0.15) is 0 Å². The minimum Gasteiger partial charge on any atom is -1.00 e. The van der Waals surface area contributed by atoms with Gasteiger partial charge in [0.1, 0.15) is 0 Å². The second kappa shape index (κ2) is 5.67. The molecular weight excluding hydrogens is 323 g/mol. The van der Waals surface area contributed by atoms with Crippen LogP contribution in [-0.4, -0.2) is 64.9 Å². The Morgan fingerprint density at radius 2 is 1.93 bits per heavy atom. The van der Waals surface area contributed by atoms with Crippen molar-refractivity contribution in [3.63, 3.8) is 0 Å². The molecule has 0 heterocycles. The number of nitro benzene ring substituents is 1. The number of carboxylic acid groups (broad SMARTS) is 1. The summed E-state index contributed by atoms with van der Waals surface area (Å²) in [5.41, 5.74) is 0.891. The van der Waals surface area contributed by atoms with Gasteiger partial charge in [0.25, 0.3) is 5.69 Å². The van der Waals surface area contributed by atoms with Crippen molar-refractivity contribution in [3.05, 3.63) is 38.9 Å². The first-order valence-electron chi connectivity index (χ1n) is 3.93. The van der Waals surface area contributed by atoms with Gasteiger partial charge in [0.15, 0.2) is 0 Å². The molecule has 0 aliphatic carbocycles. The maximum Gasteiger partial charge on any atom is 2.00 e. The molecule has 0 atom stereocenters. The van der Waals surface area contributed by atoms with E-state index in [2.05, 4.69) is 0 Å². The molecular formula is C9H11BaNO4. The molecule has 1 aromatic carbocycles. The van der Waals surface area contributed by atoms with E-state index >= 15 is 0 Å². The monoisotopic (exact) mass is 335 g/mol. The van der Waals surface area contributed by atoms with Crippen LogP contribution in [0.5, 0.6) is 0 Å². The largest absolute Gasteiger partial charge is 2.00 e. The third-order valence-electron chi connectivity index (χ3n) is 2.19. The van der Waals surface area contributed by atoms with Gasteiger partial charge in [-0.25, -0.2) is 4.79 Å². The van der Waals surface area contributed by atoms with Gasteiger partial charge in [-0.05, 0) is 25.5 Å². The predicted molar refractivity (Wildman–Crippen MR) is 57.5 cm³/mol. The average Bonchev–Trinajstić information content (AvgIpc) is 2.08. The molecule has 5 nitrogen and oxygen atoms in total. The van der Waals surface area contributed by atoms with E-state index in [4.69, 9.17) is 5.11 Å². The molecule has 0 amide bonds. The summed E-state index contributed by atoms with van der Waals surface area (Å²) >= 11 is 0. The zero-order valence-electron chi connectivity index (χ0n) is 10.5. The number of nitrogens with zero attached hydrogens (tertiary/aromatic N) is 1. The Hall–Kier alpha value is -0.339. The molecule has 1 N–H and O–H groups in total. The van der Waals surface area contributed by atoms with Gasteiger partial charge in [0.2, 0.25) is 0 Å². The molecule has 15 heavy (non-hydrogen) atoms. The fraction of sp³-hybridized carbons (Fsp3) is 0.222. The van der Waals surface area contributed by atoms with Crippen molar-refractivity contribution in [1.29, 1.82) is 0 Å². The number of benzene rings is 1. The fourth-order valence-corrected chi connectivity index (χ4v) is 1.24. The second-order valence-corrected chi connectivity index (χ2v) is 2.94. The van der Waals surface area contributed by atoms with Crippen LogP contribution in [0.3, 0.4) is 0 Å². The van der Waals surface area contributed by atoms with Crippen molar-refractivity contribution in [3.8, 4) is 0 Å². The maximum atomic E-state index is 10.7. The van der Waals surface area contributed by atoms with E-state index in [0.717, 1.165) is 0 Å². The molecule has 78 valence electrons. The summed E-state index contributed by atoms with van der Waals surface area (Å²) < 4.78 is 0. The molecule has 0 unspecified atom stereocenters. The topological polar surface area (TPSA) is 80.4 Å².